The lowest BCUT2D eigenvalue weighted by Gasteiger charge is -2.07. The van der Waals surface area contributed by atoms with Gasteiger partial charge in [0.2, 0.25) is 0 Å². The van der Waals surface area contributed by atoms with E-state index >= 15 is 0 Å². The number of hydrogen-bond acceptors (Lipinski definition) is 6. The van der Waals surface area contributed by atoms with E-state index < -0.39 is 0 Å². The van der Waals surface area contributed by atoms with Gasteiger partial charge in [0.05, 0.1) is 19.8 Å². The normalized spacial score (nSPS) is 9.64. The zero-order chi connectivity index (χ0) is 18.3. The first kappa shape index (κ1) is 20.3. The van der Waals surface area contributed by atoms with Crippen LogP contribution in [0.1, 0.15) is 20.7 Å². The van der Waals surface area contributed by atoms with Crippen molar-refractivity contribution in [2.24, 2.45) is 0 Å². The molecule has 6 heteroatoms. The van der Waals surface area contributed by atoms with Gasteiger partial charge >= 0.3 is 0 Å². The van der Waals surface area contributed by atoms with Gasteiger partial charge in [0.1, 0.15) is 30.7 Å². The maximum absolute atomic E-state index is 10.5. The van der Waals surface area contributed by atoms with Crippen LogP contribution in [0.2, 0.25) is 0 Å². The average molecular weight is 346 g/mol. The van der Waals surface area contributed by atoms with Crippen LogP contribution in [-0.2, 0) is 9.47 Å². The zero-order valence-electron chi connectivity index (χ0n) is 14.1. The number of phenolic OH excluding ortho intramolecular Hbond substituents is 1. The Bertz CT molecular complexity index is 641. The van der Waals surface area contributed by atoms with E-state index in [4.69, 9.17) is 19.3 Å². The number of methoxy groups -OCH3 is 1. The van der Waals surface area contributed by atoms with Crippen LogP contribution in [0.4, 0.5) is 0 Å². The minimum absolute atomic E-state index is 0.125. The van der Waals surface area contributed by atoms with E-state index in [1.165, 1.54) is 12.1 Å². The van der Waals surface area contributed by atoms with Crippen molar-refractivity contribution >= 4 is 12.6 Å². The number of hydrogen-bond donors (Lipinski definition) is 1. The highest BCUT2D eigenvalue weighted by Gasteiger charge is 1.95. The molecule has 0 bridgehead atoms. The highest BCUT2D eigenvalue weighted by Crippen LogP contribution is 2.11. The van der Waals surface area contributed by atoms with Gasteiger partial charge in [-0.1, -0.05) is 24.3 Å². The molecule has 2 aromatic carbocycles. The van der Waals surface area contributed by atoms with E-state index in [1.807, 2.05) is 6.07 Å². The fourth-order valence-electron chi connectivity index (χ4n) is 1.74. The van der Waals surface area contributed by atoms with Crippen molar-refractivity contribution in [3.8, 4) is 11.5 Å². The third-order valence-corrected chi connectivity index (χ3v) is 2.93. The number of carbonyl (C=O) groups is 2. The molecule has 0 aliphatic rings. The molecule has 0 atom stereocenters. The van der Waals surface area contributed by atoms with Crippen molar-refractivity contribution in [3.63, 3.8) is 0 Å². The molecule has 0 aliphatic carbocycles. The van der Waals surface area contributed by atoms with Gasteiger partial charge in [-0.3, -0.25) is 9.59 Å². The lowest BCUT2D eigenvalue weighted by atomic mass is 10.2. The van der Waals surface area contributed by atoms with E-state index in [9.17, 15) is 9.59 Å². The number of carbonyl (C=O) groups excluding carboxylic acids is 2. The molecule has 0 heterocycles. The first-order chi connectivity index (χ1) is 12.2. The minimum atomic E-state index is 0.125. The van der Waals surface area contributed by atoms with Gasteiger partial charge in [-0.15, -0.1) is 0 Å². The van der Waals surface area contributed by atoms with Gasteiger partial charge < -0.3 is 19.3 Å². The molecule has 0 aromatic heterocycles. The summed E-state index contributed by atoms with van der Waals surface area (Å²) in [7, 11) is 1.63. The fraction of sp³-hybridized carbons (Fsp3) is 0.263. The molecule has 1 N–H and O–H groups in total. The van der Waals surface area contributed by atoms with Crippen LogP contribution in [0.15, 0.2) is 48.5 Å². The Hall–Kier alpha value is -2.70. The summed E-state index contributed by atoms with van der Waals surface area (Å²) in [6, 6.07) is 13.2. The van der Waals surface area contributed by atoms with Gasteiger partial charge in [-0.05, 0) is 24.3 Å². The number of benzene rings is 2. The van der Waals surface area contributed by atoms with Gasteiger partial charge in [-0.2, -0.15) is 0 Å². The van der Waals surface area contributed by atoms with Crippen molar-refractivity contribution < 1.29 is 28.9 Å². The average Bonchev–Trinajstić information content (AvgIpc) is 2.65. The lowest BCUT2D eigenvalue weighted by Crippen LogP contribution is -2.10. The van der Waals surface area contributed by atoms with E-state index in [0.29, 0.717) is 49.6 Å². The van der Waals surface area contributed by atoms with E-state index in [-0.39, 0.29) is 5.75 Å². The monoisotopic (exact) mass is 346 g/mol. The summed E-state index contributed by atoms with van der Waals surface area (Å²) in [5.41, 5.74) is 1.10. The van der Waals surface area contributed by atoms with Gasteiger partial charge in [-0.25, -0.2) is 0 Å². The Labute approximate surface area is 147 Å². The molecule has 0 aliphatic heterocycles. The van der Waals surface area contributed by atoms with Crippen LogP contribution >= 0.6 is 0 Å². The van der Waals surface area contributed by atoms with Crippen LogP contribution < -0.4 is 4.74 Å². The first-order valence-electron chi connectivity index (χ1n) is 7.68. The first-order valence-corrected chi connectivity index (χ1v) is 7.68. The number of aromatic hydroxyl groups is 1. The molecule has 0 saturated heterocycles. The molecule has 0 amide bonds. The second-order valence-electron chi connectivity index (χ2n) is 4.86. The summed E-state index contributed by atoms with van der Waals surface area (Å²) in [5.74, 6) is 0.805. The van der Waals surface area contributed by atoms with Crippen molar-refractivity contribution in [1.82, 2.24) is 0 Å². The molecule has 0 radical (unpaired) electrons. The van der Waals surface area contributed by atoms with Gasteiger partial charge in [0, 0.05) is 18.2 Å². The van der Waals surface area contributed by atoms with Crippen molar-refractivity contribution in [2.45, 2.75) is 0 Å². The Morgan fingerprint density at radius 1 is 0.880 bits per heavy atom. The molecule has 0 saturated carbocycles. The molecule has 2 rings (SSSR count). The van der Waals surface area contributed by atoms with Crippen LogP contribution in [0.25, 0.3) is 0 Å². The van der Waals surface area contributed by atoms with E-state index in [0.717, 1.165) is 6.29 Å². The topological polar surface area (TPSA) is 82.1 Å². The fourth-order valence-corrected chi connectivity index (χ4v) is 1.74. The smallest absolute Gasteiger partial charge is 0.150 e. The largest absolute Gasteiger partial charge is 0.508 e. The van der Waals surface area contributed by atoms with Gasteiger partial charge in [0.25, 0.3) is 0 Å². The van der Waals surface area contributed by atoms with Crippen molar-refractivity contribution in [1.29, 1.82) is 0 Å². The molecule has 0 fully saturated rings. The molecule has 0 unspecified atom stereocenters. The third-order valence-electron chi connectivity index (χ3n) is 2.93. The lowest BCUT2D eigenvalue weighted by molar-refractivity contribution is 0.0544. The highest BCUT2D eigenvalue weighted by molar-refractivity contribution is 5.75. The predicted molar refractivity (Wildman–Crippen MR) is 93.5 cm³/mol. The summed E-state index contributed by atoms with van der Waals surface area (Å²) in [4.78, 5) is 20.6. The van der Waals surface area contributed by atoms with Crippen molar-refractivity contribution in [2.75, 3.05) is 33.5 Å². The molecule has 6 nitrogen and oxygen atoms in total. The van der Waals surface area contributed by atoms with Crippen LogP contribution in [0.3, 0.4) is 0 Å². The molecule has 25 heavy (non-hydrogen) atoms. The summed E-state index contributed by atoms with van der Waals surface area (Å²) in [6.07, 6.45) is 1.49. The van der Waals surface area contributed by atoms with Crippen molar-refractivity contribution in [3.05, 3.63) is 59.7 Å². The SMILES string of the molecule is COCCOCCOc1cccc(C=O)c1.O=Cc1cccc(O)c1. The molecule has 2 aromatic rings. The molecular weight excluding hydrogens is 324 g/mol. The zero-order valence-corrected chi connectivity index (χ0v) is 14.1. The number of ether oxygens (including phenoxy) is 3. The Balaban J connectivity index is 0.000000293. The van der Waals surface area contributed by atoms with Gasteiger partial charge in [0.15, 0.2) is 0 Å². The summed E-state index contributed by atoms with van der Waals surface area (Å²) in [5, 5.41) is 8.79. The standard InChI is InChI=1S/C12H16O4.C7H6O2/c1-14-5-6-15-7-8-16-12-4-2-3-11(9-12)10-13;8-5-6-2-1-3-7(9)4-6/h2-4,9-10H,5-8H2,1H3;1-5,9H. The minimum Gasteiger partial charge on any atom is -0.508 e. The van der Waals surface area contributed by atoms with Crippen LogP contribution in [-0.4, -0.2) is 51.2 Å². The third kappa shape index (κ3) is 9.24. The van der Waals surface area contributed by atoms with E-state index in [2.05, 4.69) is 0 Å². The number of aldehydes is 2. The Morgan fingerprint density at radius 2 is 1.52 bits per heavy atom. The molecule has 0 spiro atoms. The summed E-state index contributed by atoms with van der Waals surface area (Å²) < 4.78 is 15.5. The Kier molecular flexibility index (Phi) is 10.3. The second kappa shape index (κ2) is 12.7. The number of rotatable bonds is 9. The Morgan fingerprint density at radius 3 is 2.12 bits per heavy atom. The summed E-state index contributed by atoms with van der Waals surface area (Å²) >= 11 is 0. The second-order valence-corrected chi connectivity index (χ2v) is 4.86. The van der Waals surface area contributed by atoms with E-state index in [1.54, 1.807) is 37.4 Å². The van der Waals surface area contributed by atoms with Crippen LogP contribution in [0, 0.1) is 0 Å². The maximum atomic E-state index is 10.5. The maximum Gasteiger partial charge on any atom is 0.150 e. The molecular formula is C19H22O6. The van der Waals surface area contributed by atoms with Crippen LogP contribution in [0.5, 0.6) is 11.5 Å². The predicted octanol–water partition coefficient (Wildman–Crippen LogP) is 2.75. The molecule has 134 valence electrons. The highest BCUT2D eigenvalue weighted by atomic mass is 16.5. The number of phenols is 1. The summed E-state index contributed by atoms with van der Waals surface area (Å²) in [6.45, 7) is 2.12. The quantitative estimate of drug-likeness (QED) is 0.555.